The van der Waals surface area contributed by atoms with E-state index in [-0.39, 0.29) is 0 Å². The highest BCUT2D eigenvalue weighted by Gasteiger charge is 2.07. The van der Waals surface area contributed by atoms with Crippen LogP contribution < -0.4 is 0 Å². The third kappa shape index (κ3) is 1.61. The molecule has 0 fully saturated rings. The minimum Gasteiger partial charge on any atom is -0.0790 e. The minimum atomic E-state index is 1.03. The van der Waals surface area contributed by atoms with Crippen LogP contribution in [0.1, 0.15) is 18.1 Å². The molecule has 1 aliphatic carbocycles. The Morgan fingerprint density at radius 3 is 2.85 bits per heavy atom. The van der Waals surface area contributed by atoms with Crippen LogP contribution in [0.5, 0.6) is 0 Å². The molecule has 0 saturated heterocycles. The molecule has 1 aliphatic rings. The molecular formula is C12H11Br. The summed E-state index contributed by atoms with van der Waals surface area (Å²) in [4.78, 5) is 0. The SMILES string of the molecule is CC1=C(Br)C=CCc2ccccc21. The molecule has 0 unspecified atom stereocenters. The maximum Gasteiger partial charge on any atom is 0.0207 e. The zero-order valence-corrected chi connectivity index (χ0v) is 9.14. The van der Waals surface area contributed by atoms with Gasteiger partial charge in [-0.05, 0) is 30.0 Å². The number of benzene rings is 1. The Hall–Kier alpha value is -0.820. The molecule has 0 radical (unpaired) electrons. The first-order valence-electron chi connectivity index (χ1n) is 4.40. The highest BCUT2D eigenvalue weighted by molar-refractivity contribution is 9.12. The first-order chi connectivity index (χ1) is 6.29. The van der Waals surface area contributed by atoms with Gasteiger partial charge in [-0.15, -0.1) is 0 Å². The van der Waals surface area contributed by atoms with Crippen molar-refractivity contribution in [3.8, 4) is 0 Å². The molecular weight excluding hydrogens is 224 g/mol. The van der Waals surface area contributed by atoms with Crippen molar-refractivity contribution in [2.45, 2.75) is 13.3 Å². The van der Waals surface area contributed by atoms with Crippen LogP contribution in [0.25, 0.3) is 5.57 Å². The van der Waals surface area contributed by atoms with E-state index in [4.69, 9.17) is 0 Å². The Morgan fingerprint density at radius 1 is 1.23 bits per heavy atom. The van der Waals surface area contributed by atoms with Crippen molar-refractivity contribution in [1.82, 2.24) is 0 Å². The van der Waals surface area contributed by atoms with E-state index >= 15 is 0 Å². The van der Waals surface area contributed by atoms with Crippen LogP contribution in [-0.2, 0) is 6.42 Å². The fourth-order valence-corrected chi connectivity index (χ4v) is 2.01. The first kappa shape index (κ1) is 8.76. The third-order valence-corrected chi connectivity index (χ3v) is 3.24. The van der Waals surface area contributed by atoms with Crippen molar-refractivity contribution in [2.75, 3.05) is 0 Å². The zero-order chi connectivity index (χ0) is 9.26. The summed E-state index contributed by atoms with van der Waals surface area (Å²) in [6.45, 7) is 2.15. The summed E-state index contributed by atoms with van der Waals surface area (Å²) >= 11 is 3.57. The van der Waals surface area contributed by atoms with Gasteiger partial charge in [0.25, 0.3) is 0 Å². The van der Waals surface area contributed by atoms with Crippen molar-refractivity contribution in [3.05, 3.63) is 52.0 Å². The molecule has 1 aromatic rings. The van der Waals surface area contributed by atoms with Crippen molar-refractivity contribution < 1.29 is 0 Å². The molecule has 13 heavy (non-hydrogen) atoms. The summed E-state index contributed by atoms with van der Waals surface area (Å²) in [5.41, 5.74) is 4.09. The molecule has 2 rings (SSSR count). The molecule has 0 saturated carbocycles. The van der Waals surface area contributed by atoms with Gasteiger partial charge in [0.15, 0.2) is 0 Å². The second-order valence-corrected chi connectivity index (χ2v) is 4.09. The summed E-state index contributed by atoms with van der Waals surface area (Å²) in [5, 5.41) is 0. The largest absolute Gasteiger partial charge is 0.0790 e. The fourth-order valence-electron chi connectivity index (χ4n) is 1.61. The fraction of sp³-hybridized carbons (Fsp3) is 0.167. The molecule has 0 aliphatic heterocycles. The summed E-state index contributed by atoms with van der Waals surface area (Å²) in [5.74, 6) is 0. The van der Waals surface area contributed by atoms with Crippen LogP contribution in [0.4, 0.5) is 0 Å². The monoisotopic (exact) mass is 234 g/mol. The maximum atomic E-state index is 3.57. The van der Waals surface area contributed by atoms with E-state index in [1.54, 1.807) is 0 Å². The highest BCUT2D eigenvalue weighted by atomic mass is 79.9. The topological polar surface area (TPSA) is 0 Å². The Labute approximate surface area is 87.1 Å². The summed E-state index contributed by atoms with van der Waals surface area (Å²) in [6, 6.07) is 8.56. The molecule has 0 atom stereocenters. The molecule has 0 N–H and O–H groups in total. The van der Waals surface area contributed by atoms with Crippen LogP contribution in [-0.4, -0.2) is 0 Å². The standard InChI is InChI=1S/C12H11Br/c1-9-11-7-3-2-5-10(11)6-4-8-12(9)13/h2-5,7-8H,6H2,1H3. The van der Waals surface area contributed by atoms with Crippen LogP contribution in [0.15, 0.2) is 40.9 Å². The molecule has 0 nitrogen and oxygen atoms in total. The lowest BCUT2D eigenvalue weighted by atomic mass is 10.0. The van der Waals surface area contributed by atoms with Crippen molar-refractivity contribution in [2.24, 2.45) is 0 Å². The summed E-state index contributed by atoms with van der Waals surface area (Å²) < 4.78 is 1.19. The number of rotatable bonds is 0. The molecule has 0 amide bonds. The lowest BCUT2D eigenvalue weighted by molar-refractivity contribution is 1.26. The van der Waals surface area contributed by atoms with E-state index in [2.05, 4.69) is 59.3 Å². The Morgan fingerprint density at radius 2 is 2.00 bits per heavy atom. The van der Waals surface area contributed by atoms with E-state index in [0.717, 1.165) is 6.42 Å². The van der Waals surface area contributed by atoms with Crippen LogP contribution in [0.2, 0.25) is 0 Å². The number of fused-ring (bicyclic) bond motifs is 1. The number of allylic oxidation sites excluding steroid dienone is 4. The van der Waals surface area contributed by atoms with Crippen molar-refractivity contribution >= 4 is 21.5 Å². The second kappa shape index (κ2) is 3.51. The third-order valence-electron chi connectivity index (χ3n) is 2.38. The molecule has 1 aromatic carbocycles. The highest BCUT2D eigenvalue weighted by Crippen LogP contribution is 2.28. The van der Waals surface area contributed by atoms with Crippen molar-refractivity contribution in [3.63, 3.8) is 0 Å². The summed E-state index contributed by atoms with van der Waals surface area (Å²) in [6.07, 6.45) is 5.36. The van der Waals surface area contributed by atoms with E-state index in [1.165, 1.54) is 21.2 Å². The van der Waals surface area contributed by atoms with Crippen LogP contribution in [0, 0.1) is 0 Å². The zero-order valence-electron chi connectivity index (χ0n) is 7.55. The Kier molecular flexibility index (Phi) is 2.36. The number of halogens is 1. The first-order valence-corrected chi connectivity index (χ1v) is 5.19. The Balaban J connectivity index is 2.63. The Bertz CT molecular complexity index is 386. The van der Waals surface area contributed by atoms with E-state index < -0.39 is 0 Å². The van der Waals surface area contributed by atoms with Gasteiger partial charge in [0.1, 0.15) is 0 Å². The van der Waals surface area contributed by atoms with Gasteiger partial charge in [-0.3, -0.25) is 0 Å². The van der Waals surface area contributed by atoms with E-state index in [9.17, 15) is 0 Å². The molecule has 66 valence electrons. The number of hydrogen-bond donors (Lipinski definition) is 0. The summed E-state index contributed by atoms with van der Waals surface area (Å²) in [7, 11) is 0. The van der Waals surface area contributed by atoms with Gasteiger partial charge >= 0.3 is 0 Å². The van der Waals surface area contributed by atoms with Gasteiger partial charge in [0.05, 0.1) is 0 Å². The molecule has 0 aromatic heterocycles. The molecule has 0 spiro atoms. The average Bonchev–Trinajstić information content (AvgIpc) is 2.29. The van der Waals surface area contributed by atoms with Crippen molar-refractivity contribution in [1.29, 1.82) is 0 Å². The molecule has 0 bridgehead atoms. The van der Waals surface area contributed by atoms with Gasteiger partial charge in [-0.25, -0.2) is 0 Å². The van der Waals surface area contributed by atoms with E-state index in [1.807, 2.05) is 0 Å². The predicted molar refractivity (Wildman–Crippen MR) is 60.8 cm³/mol. The quantitative estimate of drug-likeness (QED) is 0.639. The van der Waals surface area contributed by atoms with E-state index in [0.29, 0.717) is 0 Å². The second-order valence-electron chi connectivity index (χ2n) is 3.24. The van der Waals surface area contributed by atoms with Crippen LogP contribution >= 0.6 is 15.9 Å². The van der Waals surface area contributed by atoms with Crippen LogP contribution in [0.3, 0.4) is 0 Å². The lowest BCUT2D eigenvalue weighted by Gasteiger charge is -2.06. The maximum absolute atomic E-state index is 3.57. The predicted octanol–water partition coefficient (Wildman–Crippen LogP) is 3.92. The van der Waals surface area contributed by atoms with Gasteiger partial charge in [-0.2, -0.15) is 0 Å². The molecule has 1 heteroatoms. The van der Waals surface area contributed by atoms with Gasteiger partial charge in [0, 0.05) is 4.48 Å². The minimum absolute atomic E-state index is 1.03. The average molecular weight is 235 g/mol. The normalized spacial score (nSPS) is 15.5. The molecule has 0 heterocycles. The number of hydrogen-bond acceptors (Lipinski definition) is 0. The van der Waals surface area contributed by atoms with Gasteiger partial charge in [-0.1, -0.05) is 52.3 Å². The lowest BCUT2D eigenvalue weighted by Crippen LogP contribution is -1.88. The van der Waals surface area contributed by atoms with Gasteiger partial charge < -0.3 is 0 Å². The van der Waals surface area contributed by atoms with Gasteiger partial charge in [0.2, 0.25) is 0 Å². The smallest absolute Gasteiger partial charge is 0.0207 e.